The Morgan fingerprint density at radius 1 is 1.50 bits per heavy atom. The molecule has 1 aromatic rings. The van der Waals surface area contributed by atoms with E-state index in [0.717, 1.165) is 11.3 Å². The molecule has 0 heterocycles. The molecule has 4 heteroatoms. The summed E-state index contributed by atoms with van der Waals surface area (Å²) in [4.78, 5) is 2.77. The second kappa shape index (κ2) is 5.14. The molecule has 4 nitrogen and oxygen atoms in total. The van der Waals surface area contributed by atoms with Gasteiger partial charge in [0.05, 0.1) is 7.11 Å². The number of methoxy groups -OCH3 is 1. The second-order valence-electron chi connectivity index (χ2n) is 3.07. The Morgan fingerprint density at radius 2 is 2.21 bits per heavy atom. The summed E-state index contributed by atoms with van der Waals surface area (Å²) in [5.41, 5.74) is 9.33. The van der Waals surface area contributed by atoms with Crippen molar-refractivity contribution in [2.24, 2.45) is 5.11 Å². The molecule has 14 heavy (non-hydrogen) atoms. The third kappa shape index (κ3) is 2.68. The molecule has 0 radical (unpaired) electrons. The van der Waals surface area contributed by atoms with E-state index in [4.69, 9.17) is 10.3 Å². The van der Waals surface area contributed by atoms with E-state index in [1.807, 2.05) is 31.2 Å². The average molecular weight is 191 g/mol. The summed E-state index contributed by atoms with van der Waals surface area (Å²) in [6.45, 7) is 1.88. The molecule has 0 aromatic heterocycles. The van der Waals surface area contributed by atoms with E-state index in [1.54, 1.807) is 7.11 Å². The SMILES string of the molecule is COc1ccccc1C[C@@H](C)N=[N+]=[N-]. The zero-order chi connectivity index (χ0) is 10.4. The zero-order valence-electron chi connectivity index (χ0n) is 8.34. The minimum Gasteiger partial charge on any atom is -0.496 e. The number of nitrogens with zero attached hydrogens (tertiary/aromatic N) is 3. The van der Waals surface area contributed by atoms with Crippen LogP contribution in [0, 0.1) is 0 Å². The number of rotatable bonds is 4. The number of para-hydroxylation sites is 1. The fourth-order valence-corrected chi connectivity index (χ4v) is 1.32. The predicted octanol–water partition coefficient (Wildman–Crippen LogP) is 2.94. The Balaban J connectivity index is 2.79. The van der Waals surface area contributed by atoms with E-state index >= 15 is 0 Å². The molecule has 1 rings (SSSR count). The van der Waals surface area contributed by atoms with Crippen molar-refractivity contribution >= 4 is 0 Å². The van der Waals surface area contributed by atoms with Gasteiger partial charge in [-0.2, -0.15) is 0 Å². The molecule has 0 saturated carbocycles. The first-order valence-corrected chi connectivity index (χ1v) is 4.44. The lowest BCUT2D eigenvalue weighted by Gasteiger charge is -2.09. The highest BCUT2D eigenvalue weighted by Gasteiger charge is 2.05. The van der Waals surface area contributed by atoms with Crippen LogP contribution in [0.25, 0.3) is 10.4 Å². The second-order valence-corrected chi connectivity index (χ2v) is 3.07. The van der Waals surface area contributed by atoms with Crippen molar-refractivity contribution in [1.29, 1.82) is 0 Å². The van der Waals surface area contributed by atoms with E-state index in [1.165, 1.54) is 0 Å². The molecule has 0 aliphatic rings. The van der Waals surface area contributed by atoms with Crippen molar-refractivity contribution in [3.05, 3.63) is 40.3 Å². The van der Waals surface area contributed by atoms with Crippen LogP contribution in [-0.4, -0.2) is 13.2 Å². The molecule has 0 aliphatic carbocycles. The first-order valence-electron chi connectivity index (χ1n) is 4.44. The quantitative estimate of drug-likeness (QED) is 0.410. The molecule has 0 amide bonds. The molecule has 0 unspecified atom stereocenters. The molecule has 0 aliphatic heterocycles. The Kier molecular flexibility index (Phi) is 3.83. The van der Waals surface area contributed by atoms with Crippen LogP contribution in [0.2, 0.25) is 0 Å². The van der Waals surface area contributed by atoms with Gasteiger partial charge in [-0.3, -0.25) is 0 Å². The van der Waals surface area contributed by atoms with E-state index in [0.29, 0.717) is 6.42 Å². The summed E-state index contributed by atoms with van der Waals surface area (Å²) < 4.78 is 5.19. The van der Waals surface area contributed by atoms with Gasteiger partial charge >= 0.3 is 0 Å². The minimum absolute atomic E-state index is 0.0451. The molecule has 0 N–H and O–H groups in total. The number of azide groups is 1. The van der Waals surface area contributed by atoms with E-state index in [2.05, 4.69) is 10.0 Å². The fourth-order valence-electron chi connectivity index (χ4n) is 1.32. The van der Waals surface area contributed by atoms with Crippen molar-refractivity contribution in [3.8, 4) is 5.75 Å². The molecule has 0 spiro atoms. The summed E-state index contributed by atoms with van der Waals surface area (Å²) in [6.07, 6.45) is 0.702. The molecular formula is C10H13N3O. The minimum atomic E-state index is -0.0451. The van der Waals surface area contributed by atoms with Gasteiger partial charge in [-0.15, -0.1) is 0 Å². The molecule has 1 aromatic carbocycles. The topological polar surface area (TPSA) is 58.0 Å². The maximum atomic E-state index is 8.27. The Bertz CT molecular complexity index is 345. The monoisotopic (exact) mass is 191 g/mol. The normalized spacial score (nSPS) is 11.6. The van der Waals surface area contributed by atoms with Gasteiger partial charge in [0.1, 0.15) is 5.75 Å². The summed E-state index contributed by atoms with van der Waals surface area (Å²) >= 11 is 0. The molecule has 74 valence electrons. The van der Waals surface area contributed by atoms with Gasteiger partial charge in [0.25, 0.3) is 0 Å². The van der Waals surface area contributed by atoms with E-state index < -0.39 is 0 Å². The smallest absolute Gasteiger partial charge is 0.122 e. The van der Waals surface area contributed by atoms with Crippen LogP contribution in [-0.2, 0) is 6.42 Å². The lowest BCUT2D eigenvalue weighted by Crippen LogP contribution is -2.03. The number of ether oxygens (including phenoxy) is 1. The summed E-state index contributed by atoms with van der Waals surface area (Å²) in [5, 5.41) is 3.62. The first-order chi connectivity index (χ1) is 6.77. The van der Waals surface area contributed by atoms with Crippen LogP contribution in [0.3, 0.4) is 0 Å². The Hall–Kier alpha value is -1.67. The van der Waals surface area contributed by atoms with Crippen LogP contribution in [0.15, 0.2) is 29.4 Å². The van der Waals surface area contributed by atoms with Gasteiger partial charge in [-0.1, -0.05) is 30.2 Å². The molecule has 0 saturated heterocycles. The zero-order valence-corrected chi connectivity index (χ0v) is 8.34. The Labute approximate surface area is 83.1 Å². The maximum absolute atomic E-state index is 8.27. The van der Waals surface area contributed by atoms with Crippen LogP contribution < -0.4 is 4.74 Å². The molecule has 0 fully saturated rings. The highest BCUT2D eigenvalue weighted by Crippen LogP contribution is 2.19. The van der Waals surface area contributed by atoms with Gasteiger partial charge in [0, 0.05) is 11.0 Å². The third-order valence-electron chi connectivity index (χ3n) is 1.96. The van der Waals surface area contributed by atoms with Crippen LogP contribution in [0.4, 0.5) is 0 Å². The van der Waals surface area contributed by atoms with Crippen molar-refractivity contribution in [2.45, 2.75) is 19.4 Å². The molecular weight excluding hydrogens is 178 g/mol. The van der Waals surface area contributed by atoms with Crippen LogP contribution >= 0.6 is 0 Å². The van der Waals surface area contributed by atoms with Crippen molar-refractivity contribution in [2.75, 3.05) is 7.11 Å². The summed E-state index contributed by atoms with van der Waals surface area (Å²) in [7, 11) is 1.64. The van der Waals surface area contributed by atoms with Gasteiger partial charge in [-0.25, -0.2) is 0 Å². The molecule has 1 atom stereocenters. The third-order valence-corrected chi connectivity index (χ3v) is 1.96. The van der Waals surface area contributed by atoms with Crippen LogP contribution in [0.1, 0.15) is 12.5 Å². The lowest BCUT2D eigenvalue weighted by atomic mass is 10.1. The molecule has 0 bridgehead atoms. The van der Waals surface area contributed by atoms with Gasteiger partial charge in [0.15, 0.2) is 0 Å². The van der Waals surface area contributed by atoms with Gasteiger partial charge in [-0.05, 0) is 23.6 Å². The van der Waals surface area contributed by atoms with E-state index in [-0.39, 0.29) is 6.04 Å². The fraction of sp³-hybridized carbons (Fsp3) is 0.400. The predicted molar refractivity (Wildman–Crippen MR) is 55.3 cm³/mol. The number of hydrogen-bond acceptors (Lipinski definition) is 2. The van der Waals surface area contributed by atoms with Crippen molar-refractivity contribution in [3.63, 3.8) is 0 Å². The Morgan fingerprint density at radius 3 is 2.86 bits per heavy atom. The largest absolute Gasteiger partial charge is 0.496 e. The number of benzene rings is 1. The van der Waals surface area contributed by atoms with Crippen molar-refractivity contribution in [1.82, 2.24) is 0 Å². The van der Waals surface area contributed by atoms with Gasteiger partial charge in [0.2, 0.25) is 0 Å². The highest BCUT2D eigenvalue weighted by molar-refractivity contribution is 5.33. The first kappa shape index (κ1) is 10.4. The lowest BCUT2D eigenvalue weighted by molar-refractivity contribution is 0.408. The standard InChI is InChI=1S/C10H13N3O/c1-8(12-13-11)7-9-5-3-4-6-10(9)14-2/h3-6,8H,7H2,1-2H3/t8-/m1/s1. The number of hydrogen-bond donors (Lipinski definition) is 0. The van der Waals surface area contributed by atoms with Gasteiger partial charge < -0.3 is 4.74 Å². The highest BCUT2D eigenvalue weighted by atomic mass is 16.5. The van der Waals surface area contributed by atoms with Crippen LogP contribution in [0.5, 0.6) is 5.75 Å². The maximum Gasteiger partial charge on any atom is 0.122 e. The van der Waals surface area contributed by atoms with E-state index in [9.17, 15) is 0 Å². The summed E-state index contributed by atoms with van der Waals surface area (Å²) in [6, 6.07) is 7.69. The summed E-state index contributed by atoms with van der Waals surface area (Å²) in [5.74, 6) is 0.840. The average Bonchev–Trinajstić information content (AvgIpc) is 2.19. The van der Waals surface area contributed by atoms with Crippen molar-refractivity contribution < 1.29 is 4.74 Å².